The number of carbonyl (C=O) groups excluding carboxylic acids is 1. The molecule has 3 rings (SSSR count). The van der Waals surface area contributed by atoms with Crippen LogP contribution < -0.4 is 14.8 Å². The first-order chi connectivity index (χ1) is 9.13. The Morgan fingerprint density at radius 3 is 2.68 bits per heavy atom. The van der Waals surface area contributed by atoms with E-state index in [1.165, 1.54) is 12.1 Å². The van der Waals surface area contributed by atoms with Gasteiger partial charge < -0.3 is 19.2 Å². The predicted octanol–water partition coefficient (Wildman–Crippen LogP) is 3.22. The zero-order valence-electron chi connectivity index (χ0n) is 10.0. The molecule has 0 unspecified atom stereocenters. The monoisotopic (exact) mass is 279 g/mol. The molecule has 1 N–H and O–H groups in total. The Labute approximate surface area is 114 Å². The van der Waals surface area contributed by atoms with Crippen molar-refractivity contribution < 1.29 is 18.7 Å². The maximum atomic E-state index is 11.9. The van der Waals surface area contributed by atoms with Crippen LogP contribution in [0.1, 0.15) is 16.1 Å². The second-order valence-electron chi connectivity index (χ2n) is 4.08. The van der Waals surface area contributed by atoms with Gasteiger partial charge in [0.2, 0.25) is 6.79 Å². The van der Waals surface area contributed by atoms with Crippen molar-refractivity contribution >= 4 is 23.2 Å². The van der Waals surface area contributed by atoms with Crippen LogP contribution in [0.25, 0.3) is 0 Å². The number of ether oxygens (including phenoxy) is 2. The van der Waals surface area contributed by atoms with Crippen molar-refractivity contribution in [2.24, 2.45) is 0 Å². The molecule has 2 heterocycles. The van der Waals surface area contributed by atoms with Crippen LogP contribution in [0.3, 0.4) is 0 Å². The Kier molecular flexibility index (Phi) is 2.83. The minimum Gasteiger partial charge on any atom is -0.454 e. The van der Waals surface area contributed by atoms with Gasteiger partial charge in [-0.1, -0.05) is 0 Å². The molecule has 1 aromatic carbocycles. The van der Waals surface area contributed by atoms with Gasteiger partial charge in [-0.25, -0.2) is 0 Å². The SMILES string of the molecule is Cc1cc2c(cc1NC(=O)c1ccc(Cl)o1)OCO2. The number of aryl methyl sites for hydroxylation is 1. The number of rotatable bonds is 2. The standard InChI is InChI=1S/C13H10ClNO4/c1-7-4-10-11(18-6-17-10)5-8(7)15-13(16)9-2-3-12(14)19-9/h2-5H,6H2,1H3,(H,15,16). The summed E-state index contributed by atoms with van der Waals surface area (Å²) in [5.74, 6) is 1.07. The van der Waals surface area contributed by atoms with E-state index in [0.717, 1.165) is 5.56 Å². The van der Waals surface area contributed by atoms with Crippen LogP contribution in [0.2, 0.25) is 5.22 Å². The smallest absolute Gasteiger partial charge is 0.291 e. The van der Waals surface area contributed by atoms with E-state index in [1.807, 2.05) is 13.0 Å². The second-order valence-corrected chi connectivity index (χ2v) is 4.45. The van der Waals surface area contributed by atoms with E-state index in [2.05, 4.69) is 5.32 Å². The summed E-state index contributed by atoms with van der Waals surface area (Å²) in [6, 6.07) is 6.57. The molecule has 6 heteroatoms. The molecule has 1 aliphatic heterocycles. The lowest BCUT2D eigenvalue weighted by Gasteiger charge is -2.08. The molecule has 0 saturated carbocycles. The fraction of sp³-hybridized carbons (Fsp3) is 0.154. The van der Waals surface area contributed by atoms with Crippen molar-refractivity contribution in [1.82, 2.24) is 0 Å². The van der Waals surface area contributed by atoms with Crippen LogP contribution >= 0.6 is 11.6 Å². The first-order valence-electron chi connectivity index (χ1n) is 5.60. The number of halogens is 1. The van der Waals surface area contributed by atoms with Gasteiger partial charge in [0.05, 0.1) is 0 Å². The number of hydrogen-bond acceptors (Lipinski definition) is 4. The molecule has 5 nitrogen and oxygen atoms in total. The number of furan rings is 1. The highest BCUT2D eigenvalue weighted by atomic mass is 35.5. The van der Waals surface area contributed by atoms with Crippen LogP contribution in [0, 0.1) is 6.92 Å². The summed E-state index contributed by atoms with van der Waals surface area (Å²) in [7, 11) is 0. The Hall–Kier alpha value is -2.14. The van der Waals surface area contributed by atoms with Crippen LogP contribution in [-0.4, -0.2) is 12.7 Å². The van der Waals surface area contributed by atoms with Crippen molar-refractivity contribution in [3.8, 4) is 11.5 Å². The molecular formula is C13H10ClNO4. The third-order valence-corrected chi connectivity index (χ3v) is 2.97. The van der Waals surface area contributed by atoms with Crippen LogP contribution in [0.5, 0.6) is 11.5 Å². The van der Waals surface area contributed by atoms with E-state index in [4.69, 9.17) is 25.5 Å². The normalized spacial score (nSPS) is 12.5. The summed E-state index contributed by atoms with van der Waals surface area (Å²) in [6.45, 7) is 2.06. The topological polar surface area (TPSA) is 60.7 Å². The summed E-state index contributed by atoms with van der Waals surface area (Å²) < 4.78 is 15.6. The Balaban J connectivity index is 1.85. The molecule has 0 radical (unpaired) electrons. The average Bonchev–Trinajstić information content (AvgIpc) is 2.98. The van der Waals surface area contributed by atoms with Crippen molar-refractivity contribution in [2.75, 3.05) is 12.1 Å². The quantitative estimate of drug-likeness (QED) is 0.917. The molecule has 0 aliphatic carbocycles. The average molecular weight is 280 g/mol. The molecule has 2 aromatic rings. The molecule has 19 heavy (non-hydrogen) atoms. The maximum Gasteiger partial charge on any atom is 0.291 e. The van der Waals surface area contributed by atoms with Gasteiger partial charge in [0.25, 0.3) is 5.91 Å². The highest BCUT2D eigenvalue weighted by molar-refractivity contribution is 6.29. The fourth-order valence-electron chi connectivity index (χ4n) is 1.80. The fourth-order valence-corrected chi connectivity index (χ4v) is 1.94. The van der Waals surface area contributed by atoms with E-state index in [9.17, 15) is 4.79 Å². The van der Waals surface area contributed by atoms with Gasteiger partial charge in [-0.2, -0.15) is 0 Å². The number of benzene rings is 1. The number of anilines is 1. The van der Waals surface area contributed by atoms with Crippen LogP contribution in [0.15, 0.2) is 28.7 Å². The summed E-state index contributed by atoms with van der Waals surface area (Å²) in [6.07, 6.45) is 0. The molecule has 1 aromatic heterocycles. The lowest BCUT2D eigenvalue weighted by molar-refractivity contribution is 0.0996. The van der Waals surface area contributed by atoms with Crippen molar-refractivity contribution in [1.29, 1.82) is 0 Å². The van der Waals surface area contributed by atoms with Gasteiger partial charge in [-0.05, 0) is 42.3 Å². The molecular weight excluding hydrogens is 270 g/mol. The number of nitrogens with one attached hydrogen (secondary N) is 1. The lowest BCUT2D eigenvalue weighted by atomic mass is 10.1. The lowest BCUT2D eigenvalue weighted by Crippen LogP contribution is -2.11. The van der Waals surface area contributed by atoms with Crippen LogP contribution in [0.4, 0.5) is 5.69 Å². The molecule has 0 fully saturated rings. The zero-order valence-corrected chi connectivity index (χ0v) is 10.8. The van der Waals surface area contributed by atoms with Gasteiger partial charge >= 0.3 is 0 Å². The maximum absolute atomic E-state index is 11.9. The van der Waals surface area contributed by atoms with Gasteiger partial charge in [-0.15, -0.1) is 0 Å². The van der Waals surface area contributed by atoms with E-state index < -0.39 is 0 Å². The first-order valence-corrected chi connectivity index (χ1v) is 5.98. The molecule has 1 amide bonds. The highest BCUT2D eigenvalue weighted by Crippen LogP contribution is 2.36. The number of carbonyl (C=O) groups is 1. The summed E-state index contributed by atoms with van der Waals surface area (Å²) >= 11 is 5.63. The van der Waals surface area contributed by atoms with Crippen LogP contribution in [-0.2, 0) is 0 Å². The molecule has 98 valence electrons. The van der Waals surface area contributed by atoms with E-state index >= 15 is 0 Å². The Morgan fingerprint density at radius 1 is 1.26 bits per heavy atom. The molecule has 0 bridgehead atoms. The summed E-state index contributed by atoms with van der Waals surface area (Å²) in [5.41, 5.74) is 1.51. The first kappa shape index (κ1) is 11.9. The van der Waals surface area contributed by atoms with Gasteiger partial charge in [-0.3, -0.25) is 4.79 Å². The molecule has 1 aliphatic rings. The number of fused-ring (bicyclic) bond motifs is 1. The number of amides is 1. The molecule has 0 atom stereocenters. The summed E-state index contributed by atoms with van der Waals surface area (Å²) in [5, 5.41) is 2.92. The molecule has 0 saturated heterocycles. The van der Waals surface area contributed by atoms with E-state index in [1.54, 1.807) is 6.07 Å². The van der Waals surface area contributed by atoms with Gasteiger partial charge in [0.15, 0.2) is 22.5 Å². The van der Waals surface area contributed by atoms with Gasteiger partial charge in [0.1, 0.15) is 0 Å². The second kappa shape index (κ2) is 4.51. The van der Waals surface area contributed by atoms with Crippen molar-refractivity contribution in [3.63, 3.8) is 0 Å². The highest BCUT2D eigenvalue weighted by Gasteiger charge is 2.18. The van der Waals surface area contributed by atoms with Crippen molar-refractivity contribution in [2.45, 2.75) is 6.92 Å². The van der Waals surface area contributed by atoms with Gasteiger partial charge in [0, 0.05) is 11.8 Å². The zero-order chi connectivity index (χ0) is 13.4. The Morgan fingerprint density at radius 2 is 2.00 bits per heavy atom. The Bertz CT molecular complexity index is 650. The predicted molar refractivity (Wildman–Crippen MR) is 69.0 cm³/mol. The largest absolute Gasteiger partial charge is 0.454 e. The van der Waals surface area contributed by atoms with Crippen molar-refractivity contribution in [3.05, 3.63) is 40.8 Å². The summed E-state index contributed by atoms with van der Waals surface area (Å²) in [4.78, 5) is 11.9. The number of hydrogen-bond donors (Lipinski definition) is 1. The molecule has 0 spiro atoms. The minimum absolute atomic E-state index is 0.155. The van der Waals surface area contributed by atoms with E-state index in [0.29, 0.717) is 17.2 Å². The van der Waals surface area contributed by atoms with E-state index in [-0.39, 0.29) is 23.7 Å². The third-order valence-electron chi connectivity index (χ3n) is 2.76. The third kappa shape index (κ3) is 2.24. The minimum atomic E-state index is -0.367.